The molecule has 116 valence electrons. The first-order valence-corrected chi connectivity index (χ1v) is 7.82. The number of nitrogens with zero attached hydrogens (tertiary/aromatic N) is 1. The van der Waals surface area contributed by atoms with Crippen molar-refractivity contribution in [2.45, 2.75) is 13.0 Å². The number of esters is 1. The minimum Gasteiger partial charge on any atom is -0.458 e. The van der Waals surface area contributed by atoms with Crippen LogP contribution in [0, 0.1) is 3.57 Å². The van der Waals surface area contributed by atoms with Crippen molar-refractivity contribution < 1.29 is 14.3 Å². The molecule has 0 fully saturated rings. The van der Waals surface area contributed by atoms with Gasteiger partial charge in [-0.15, -0.1) is 0 Å². The van der Waals surface area contributed by atoms with Crippen LogP contribution in [-0.4, -0.2) is 30.6 Å². The summed E-state index contributed by atoms with van der Waals surface area (Å²) in [6.45, 7) is 5.41. The Morgan fingerprint density at radius 2 is 2.18 bits per heavy atom. The molecule has 1 aliphatic heterocycles. The number of rotatable bonds is 4. The van der Waals surface area contributed by atoms with Gasteiger partial charge < -0.3 is 15.0 Å². The Balaban J connectivity index is 2.50. The van der Waals surface area contributed by atoms with E-state index in [0.717, 1.165) is 9.13 Å². The highest BCUT2D eigenvalue weighted by Crippen LogP contribution is 2.32. The van der Waals surface area contributed by atoms with Crippen LogP contribution in [0.4, 0.5) is 4.79 Å². The van der Waals surface area contributed by atoms with E-state index in [1.165, 1.54) is 11.0 Å². The van der Waals surface area contributed by atoms with Gasteiger partial charge in [-0.05, 0) is 41.1 Å². The highest BCUT2D eigenvalue weighted by atomic mass is 127. The lowest BCUT2D eigenvalue weighted by Crippen LogP contribution is -2.46. The summed E-state index contributed by atoms with van der Waals surface area (Å²) < 4.78 is 6.15. The molecule has 0 aliphatic carbocycles. The van der Waals surface area contributed by atoms with E-state index in [4.69, 9.17) is 4.74 Å². The largest absolute Gasteiger partial charge is 0.458 e. The first-order chi connectivity index (χ1) is 10.5. The average Bonchev–Trinajstić information content (AvgIpc) is 2.50. The molecule has 0 spiro atoms. The zero-order valence-corrected chi connectivity index (χ0v) is 14.6. The Morgan fingerprint density at radius 1 is 1.50 bits per heavy atom. The third kappa shape index (κ3) is 3.16. The lowest BCUT2D eigenvalue weighted by atomic mass is 9.95. The number of urea groups is 1. The Morgan fingerprint density at radius 3 is 2.82 bits per heavy atom. The molecule has 1 aliphatic rings. The van der Waals surface area contributed by atoms with Gasteiger partial charge in [-0.1, -0.05) is 30.9 Å². The molecule has 1 heterocycles. The Kier molecular flexibility index (Phi) is 5.23. The van der Waals surface area contributed by atoms with Crippen LogP contribution in [0.2, 0.25) is 0 Å². The number of carbonyl (C=O) groups is 2. The number of halogens is 1. The highest BCUT2D eigenvalue weighted by Gasteiger charge is 2.35. The number of ether oxygens (including phenoxy) is 1. The summed E-state index contributed by atoms with van der Waals surface area (Å²) in [5.74, 6) is -0.450. The molecule has 1 aromatic rings. The number of carbonyl (C=O) groups excluding carboxylic acids is 2. The molecule has 2 rings (SSSR count). The summed E-state index contributed by atoms with van der Waals surface area (Å²) in [6.07, 6.45) is 1.51. The number of hydrogen-bond acceptors (Lipinski definition) is 3. The van der Waals surface area contributed by atoms with Crippen molar-refractivity contribution in [2.24, 2.45) is 0 Å². The lowest BCUT2D eigenvalue weighted by Gasteiger charge is -2.33. The van der Waals surface area contributed by atoms with Gasteiger partial charge in [-0.2, -0.15) is 0 Å². The second kappa shape index (κ2) is 6.95. The van der Waals surface area contributed by atoms with Crippen LogP contribution in [0.3, 0.4) is 0 Å². The zero-order chi connectivity index (χ0) is 16.3. The highest BCUT2D eigenvalue weighted by molar-refractivity contribution is 14.1. The van der Waals surface area contributed by atoms with E-state index < -0.39 is 12.0 Å². The third-order valence-corrected chi connectivity index (χ3v) is 4.50. The van der Waals surface area contributed by atoms with Gasteiger partial charge in [-0.25, -0.2) is 9.59 Å². The van der Waals surface area contributed by atoms with Gasteiger partial charge in [0.2, 0.25) is 0 Å². The summed E-state index contributed by atoms with van der Waals surface area (Å²) >= 11 is 2.19. The van der Waals surface area contributed by atoms with Gasteiger partial charge in [-0.3, -0.25) is 0 Å². The van der Waals surface area contributed by atoms with E-state index in [0.29, 0.717) is 11.3 Å². The molecule has 0 unspecified atom stereocenters. The first kappa shape index (κ1) is 16.5. The monoisotopic (exact) mass is 412 g/mol. The second-order valence-corrected chi connectivity index (χ2v) is 6.01. The van der Waals surface area contributed by atoms with Crippen LogP contribution in [0.15, 0.2) is 48.2 Å². The number of amides is 2. The zero-order valence-electron chi connectivity index (χ0n) is 12.4. The van der Waals surface area contributed by atoms with Gasteiger partial charge in [0.05, 0.1) is 11.6 Å². The van der Waals surface area contributed by atoms with Gasteiger partial charge in [0.1, 0.15) is 6.61 Å². The van der Waals surface area contributed by atoms with Gasteiger partial charge in [0, 0.05) is 16.3 Å². The molecule has 2 amide bonds. The van der Waals surface area contributed by atoms with Crippen molar-refractivity contribution in [3.8, 4) is 0 Å². The fourth-order valence-corrected chi connectivity index (χ4v) is 2.95. The van der Waals surface area contributed by atoms with Crippen LogP contribution in [0.25, 0.3) is 0 Å². The van der Waals surface area contributed by atoms with Crippen molar-refractivity contribution in [1.29, 1.82) is 0 Å². The van der Waals surface area contributed by atoms with Crippen molar-refractivity contribution >= 4 is 34.6 Å². The summed E-state index contributed by atoms with van der Waals surface area (Å²) in [5, 5.41) is 2.86. The summed E-state index contributed by atoms with van der Waals surface area (Å²) in [7, 11) is 1.62. The molecule has 0 bridgehead atoms. The molecule has 0 saturated carbocycles. The van der Waals surface area contributed by atoms with E-state index in [-0.39, 0.29) is 12.6 Å². The summed E-state index contributed by atoms with van der Waals surface area (Å²) in [4.78, 5) is 25.9. The minimum absolute atomic E-state index is 0.131. The maximum atomic E-state index is 12.4. The Hall–Kier alpha value is -1.83. The van der Waals surface area contributed by atoms with Crippen molar-refractivity contribution in [3.05, 3.63) is 57.3 Å². The average molecular weight is 412 g/mol. The number of allylic oxidation sites excluding steroid dienone is 1. The fraction of sp³-hybridized carbons (Fsp3) is 0.250. The van der Waals surface area contributed by atoms with E-state index >= 15 is 0 Å². The summed E-state index contributed by atoms with van der Waals surface area (Å²) in [5.41, 5.74) is 1.89. The van der Waals surface area contributed by atoms with Gasteiger partial charge in [0.15, 0.2) is 0 Å². The predicted molar refractivity (Wildman–Crippen MR) is 92.1 cm³/mol. The number of hydrogen-bond donors (Lipinski definition) is 1. The molecule has 0 radical (unpaired) electrons. The van der Waals surface area contributed by atoms with Crippen LogP contribution >= 0.6 is 22.6 Å². The van der Waals surface area contributed by atoms with E-state index in [1.54, 1.807) is 14.0 Å². The lowest BCUT2D eigenvalue weighted by molar-refractivity contribution is -0.138. The Labute approximate surface area is 143 Å². The molecule has 22 heavy (non-hydrogen) atoms. The maximum absolute atomic E-state index is 12.4. The molecule has 0 aromatic heterocycles. The minimum atomic E-state index is -0.519. The number of nitrogens with one attached hydrogen (secondary N) is 1. The van der Waals surface area contributed by atoms with Crippen molar-refractivity contribution in [3.63, 3.8) is 0 Å². The first-order valence-electron chi connectivity index (χ1n) is 6.74. The smallest absolute Gasteiger partial charge is 0.338 e. The molecular formula is C16H17IN2O3. The second-order valence-electron chi connectivity index (χ2n) is 4.85. The predicted octanol–water partition coefficient (Wildman–Crippen LogP) is 2.99. The molecule has 1 atom stereocenters. The SMILES string of the molecule is C=CCOC(=O)C1=C(C)N(C)C(=O)N[C@H]1c1ccccc1I. The van der Waals surface area contributed by atoms with Crippen LogP contribution in [-0.2, 0) is 9.53 Å². The third-order valence-electron chi connectivity index (χ3n) is 3.52. The quantitative estimate of drug-likeness (QED) is 0.470. The van der Waals surface area contributed by atoms with Gasteiger partial charge >= 0.3 is 12.0 Å². The maximum Gasteiger partial charge on any atom is 0.338 e. The Bertz CT molecular complexity index is 655. The van der Waals surface area contributed by atoms with Crippen molar-refractivity contribution in [2.75, 3.05) is 13.7 Å². The van der Waals surface area contributed by atoms with E-state index in [9.17, 15) is 9.59 Å². The molecule has 6 heteroatoms. The molecule has 1 aromatic carbocycles. The fourth-order valence-electron chi connectivity index (χ4n) is 2.25. The number of benzene rings is 1. The van der Waals surface area contributed by atoms with Crippen molar-refractivity contribution in [1.82, 2.24) is 10.2 Å². The molecule has 5 nitrogen and oxygen atoms in total. The van der Waals surface area contributed by atoms with E-state index in [2.05, 4.69) is 34.5 Å². The summed E-state index contributed by atoms with van der Waals surface area (Å²) in [6, 6.07) is 6.85. The normalized spacial score (nSPS) is 18.0. The van der Waals surface area contributed by atoms with Crippen LogP contribution in [0.5, 0.6) is 0 Å². The standard InChI is InChI=1S/C16H17IN2O3/c1-4-9-22-15(20)13-10(2)19(3)16(21)18-14(13)11-7-5-6-8-12(11)17/h4-8,14H,1,9H2,2-3H3,(H,18,21)/t14-/m0/s1. The molecule has 0 saturated heterocycles. The topological polar surface area (TPSA) is 58.6 Å². The van der Waals surface area contributed by atoms with E-state index in [1.807, 2.05) is 24.3 Å². The van der Waals surface area contributed by atoms with Crippen LogP contribution in [0.1, 0.15) is 18.5 Å². The van der Waals surface area contributed by atoms with Gasteiger partial charge in [0.25, 0.3) is 0 Å². The molecular weight excluding hydrogens is 395 g/mol. The van der Waals surface area contributed by atoms with Crippen LogP contribution < -0.4 is 5.32 Å². The molecule has 1 N–H and O–H groups in total.